The Morgan fingerprint density at radius 1 is 1.25 bits per heavy atom. The van der Waals surface area contributed by atoms with Crippen molar-refractivity contribution in [1.82, 2.24) is 10.1 Å². The standard InChI is InChI=1S/C15H17ClN4O4/c1-23-9-7-20(10-14(21)18-13-6-8-24-19-13)15(22)17-12-4-2-11(16)3-5-12/h2-6,8H,7,9-10H2,1H3,(H,17,22)(H,18,19,21). The average Bonchev–Trinajstić information content (AvgIpc) is 3.06. The van der Waals surface area contributed by atoms with Crippen LogP contribution in [0.25, 0.3) is 0 Å². The molecule has 0 unspecified atom stereocenters. The van der Waals surface area contributed by atoms with Crippen molar-refractivity contribution in [3.63, 3.8) is 0 Å². The van der Waals surface area contributed by atoms with Gasteiger partial charge in [0.2, 0.25) is 5.91 Å². The Labute approximate surface area is 143 Å². The van der Waals surface area contributed by atoms with Crippen molar-refractivity contribution in [1.29, 1.82) is 0 Å². The maximum absolute atomic E-state index is 12.4. The summed E-state index contributed by atoms with van der Waals surface area (Å²) in [5, 5.41) is 9.38. The minimum atomic E-state index is -0.426. The van der Waals surface area contributed by atoms with Crippen LogP contribution in [-0.2, 0) is 9.53 Å². The second-order valence-electron chi connectivity index (χ2n) is 4.78. The van der Waals surface area contributed by atoms with Crippen molar-refractivity contribution < 1.29 is 18.8 Å². The van der Waals surface area contributed by atoms with Gasteiger partial charge in [-0.3, -0.25) is 4.79 Å². The number of aromatic nitrogens is 1. The summed E-state index contributed by atoms with van der Waals surface area (Å²) in [6.45, 7) is 0.392. The zero-order chi connectivity index (χ0) is 17.4. The predicted octanol–water partition coefficient (Wildman–Crippen LogP) is 2.45. The zero-order valence-corrected chi connectivity index (χ0v) is 13.7. The SMILES string of the molecule is COCCN(CC(=O)Nc1ccon1)C(=O)Nc1ccc(Cl)cc1. The van der Waals surface area contributed by atoms with Crippen LogP contribution in [0.4, 0.5) is 16.3 Å². The lowest BCUT2D eigenvalue weighted by Crippen LogP contribution is -2.42. The average molecular weight is 353 g/mol. The number of nitrogens with zero attached hydrogens (tertiary/aromatic N) is 2. The number of ether oxygens (including phenoxy) is 1. The molecule has 0 radical (unpaired) electrons. The Morgan fingerprint density at radius 2 is 2.00 bits per heavy atom. The van der Waals surface area contributed by atoms with Crippen molar-refractivity contribution in [2.24, 2.45) is 0 Å². The van der Waals surface area contributed by atoms with Crippen LogP contribution < -0.4 is 10.6 Å². The van der Waals surface area contributed by atoms with Gasteiger partial charge in [-0.2, -0.15) is 0 Å². The minimum absolute atomic E-state index is 0.157. The topological polar surface area (TPSA) is 96.7 Å². The lowest BCUT2D eigenvalue weighted by atomic mass is 10.3. The number of urea groups is 1. The maximum Gasteiger partial charge on any atom is 0.322 e. The third kappa shape index (κ3) is 5.56. The molecule has 0 spiro atoms. The highest BCUT2D eigenvalue weighted by molar-refractivity contribution is 6.30. The number of benzene rings is 1. The number of nitrogens with one attached hydrogen (secondary N) is 2. The van der Waals surface area contributed by atoms with Gasteiger partial charge in [0.05, 0.1) is 6.61 Å². The first-order valence-electron chi connectivity index (χ1n) is 7.09. The maximum atomic E-state index is 12.4. The summed E-state index contributed by atoms with van der Waals surface area (Å²) >= 11 is 5.81. The summed E-state index contributed by atoms with van der Waals surface area (Å²) in [5.41, 5.74) is 0.573. The fourth-order valence-corrected chi connectivity index (χ4v) is 1.95. The molecule has 0 atom stereocenters. The summed E-state index contributed by atoms with van der Waals surface area (Å²) in [6, 6.07) is 7.74. The number of hydrogen-bond donors (Lipinski definition) is 2. The Morgan fingerprint density at radius 3 is 2.62 bits per heavy atom. The van der Waals surface area contributed by atoms with Crippen LogP contribution in [0, 0.1) is 0 Å². The van der Waals surface area contributed by atoms with Crippen molar-refractivity contribution in [2.75, 3.05) is 37.4 Å². The van der Waals surface area contributed by atoms with Crippen LogP contribution in [0.5, 0.6) is 0 Å². The molecule has 0 aliphatic rings. The molecule has 2 rings (SSSR count). The van der Waals surface area contributed by atoms with Crippen LogP contribution in [0.15, 0.2) is 41.1 Å². The van der Waals surface area contributed by atoms with Gasteiger partial charge in [0, 0.05) is 30.4 Å². The first-order chi connectivity index (χ1) is 11.6. The summed E-state index contributed by atoms with van der Waals surface area (Å²) in [6.07, 6.45) is 1.34. The van der Waals surface area contributed by atoms with Gasteiger partial charge in [-0.25, -0.2) is 4.79 Å². The molecular weight excluding hydrogens is 336 g/mol. The Hall–Kier alpha value is -2.58. The number of carbonyl (C=O) groups excluding carboxylic acids is 2. The molecule has 1 aromatic heterocycles. The second kappa shape index (κ2) is 8.90. The largest absolute Gasteiger partial charge is 0.383 e. The highest BCUT2D eigenvalue weighted by Gasteiger charge is 2.18. The van der Waals surface area contributed by atoms with Crippen LogP contribution in [-0.4, -0.2) is 48.8 Å². The third-order valence-electron chi connectivity index (χ3n) is 2.99. The zero-order valence-electron chi connectivity index (χ0n) is 13.0. The summed E-state index contributed by atoms with van der Waals surface area (Å²) in [5.74, 6) is -0.115. The highest BCUT2D eigenvalue weighted by Crippen LogP contribution is 2.14. The van der Waals surface area contributed by atoms with E-state index in [1.165, 1.54) is 24.3 Å². The van der Waals surface area contributed by atoms with Gasteiger partial charge >= 0.3 is 6.03 Å². The van der Waals surface area contributed by atoms with E-state index in [9.17, 15) is 9.59 Å². The van der Waals surface area contributed by atoms with Gasteiger partial charge in [-0.1, -0.05) is 16.8 Å². The first kappa shape index (κ1) is 17.8. The van der Waals surface area contributed by atoms with E-state index in [-0.39, 0.29) is 18.9 Å². The first-order valence-corrected chi connectivity index (χ1v) is 7.47. The summed E-state index contributed by atoms with van der Waals surface area (Å²) in [7, 11) is 1.52. The van der Waals surface area contributed by atoms with Crippen LogP contribution in [0.2, 0.25) is 5.02 Å². The summed E-state index contributed by atoms with van der Waals surface area (Å²) < 4.78 is 9.61. The van der Waals surface area contributed by atoms with Gasteiger partial charge in [0.25, 0.3) is 0 Å². The lowest BCUT2D eigenvalue weighted by molar-refractivity contribution is -0.116. The van der Waals surface area contributed by atoms with E-state index in [0.717, 1.165) is 0 Å². The smallest absolute Gasteiger partial charge is 0.322 e. The fraction of sp³-hybridized carbons (Fsp3) is 0.267. The molecule has 0 aliphatic heterocycles. The predicted molar refractivity (Wildman–Crippen MR) is 89.1 cm³/mol. The van der Waals surface area contributed by atoms with E-state index in [4.69, 9.17) is 16.3 Å². The van der Waals surface area contributed by atoms with Gasteiger partial charge in [-0.05, 0) is 24.3 Å². The molecular formula is C15H17ClN4O4. The molecule has 8 nitrogen and oxygen atoms in total. The number of rotatable bonds is 7. The number of hydrogen-bond acceptors (Lipinski definition) is 5. The molecule has 24 heavy (non-hydrogen) atoms. The molecule has 0 bridgehead atoms. The Bertz CT molecular complexity index is 661. The van der Waals surface area contributed by atoms with Crippen molar-refractivity contribution in [2.45, 2.75) is 0 Å². The molecule has 1 heterocycles. The number of amides is 3. The van der Waals surface area contributed by atoms with Crippen LogP contribution in [0.3, 0.4) is 0 Å². The van der Waals surface area contributed by atoms with E-state index < -0.39 is 11.9 Å². The van der Waals surface area contributed by atoms with Gasteiger partial charge in [-0.15, -0.1) is 0 Å². The Kier molecular flexibility index (Phi) is 6.59. The summed E-state index contributed by atoms with van der Waals surface area (Å²) in [4.78, 5) is 25.7. The van der Waals surface area contributed by atoms with E-state index in [1.54, 1.807) is 24.3 Å². The molecule has 2 N–H and O–H groups in total. The number of carbonyl (C=O) groups is 2. The molecule has 2 aromatic rings. The third-order valence-corrected chi connectivity index (χ3v) is 3.24. The van der Waals surface area contributed by atoms with Crippen molar-refractivity contribution in [3.8, 4) is 0 Å². The molecule has 128 valence electrons. The Balaban J connectivity index is 1.96. The lowest BCUT2D eigenvalue weighted by Gasteiger charge is -2.22. The number of anilines is 2. The molecule has 1 aromatic carbocycles. The highest BCUT2D eigenvalue weighted by atomic mass is 35.5. The van der Waals surface area contributed by atoms with Crippen LogP contribution >= 0.6 is 11.6 Å². The minimum Gasteiger partial charge on any atom is -0.383 e. The van der Waals surface area contributed by atoms with Gasteiger partial charge < -0.3 is 24.8 Å². The molecule has 3 amide bonds. The van der Waals surface area contributed by atoms with Crippen LogP contribution in [0.1, 0.15) is 0 Å². The van der Waals surface area contributed by atoms with E-state index in [2.05, 4.69) is 20.3 Å². The quantitative estimate of drug-likeness (QED) is 0.797. The fourth-order valence-electron chi connectivity index (χ4n) is 1.82. The normalized spacial score (nSPS) is 10.2. The second-order valence-corrected chi connectivity index (χ2v) is 5.22. The molecule has 0 saturated heterocycles. The van der Waals surface area contributed by atoms with Crippen molar-refractivity contribution in [3.05, 3.63) is 41.6 Å². The van der Waals surface area contributed by atoms with E-state index >= 15 is 0 Å². The molecule has 0 fully saturated rings. The van der Waals surface area contributed by atoms with Crippen molar-refractivity contribution >= 4 is 35.0 Å². The number of halogens is 1. The monoisotopic (exact) mass is 352 g/mol. The van der Waals surface area contributed by atoms with E-state index in [1.807, 2.05) is 0 Å². The molecule has 0 saturated carbocycles. The number of methoxy groups -OCH3 is 1. The molecule has 9 heteroatoms. The molecule has 0 aliphatic carbocycles. The van der Waals surface area contributed by atoms with Gasteiger partial charge in [0.15, 0.2) is 5.82 Å². The van der Waals surface area contributed by atoms with E-state index in [0.29, 0.717) is 17.3 Å². The van der Waals surface area contributed by atoms with Gasteiger partial charge in [0.1, 0.15) is 12.8 Å².